The molecule has 0 aromatic carbocycles. The monoisotopic (exact) mass is 330 g/mol. The van der Waals surface area contributed by atoms with Gasteiger partial charge in [0.1, 0.15) is 0 Å². The predicted octanol–water partition coefficient (Wildman–Crippen LogP) is 4.19. The van der Waals surface area contributed by atoms with Crippen molar-refractivity contribution >= 4 is 0 Å². The molecule has 0 bridgehead atoms. The highest BCUT2D eigenvalue weighted by Gasteiger charge is 2.71. The molecule has 2 N–H and O–H groups in total. The summed E-state index contributed by atoms with van der Waals surface area (Å²) in [6, 6.07) is 0. The van der Waals surface area contributed by atoms with Crippen molar-refractivity contribution in [1.29, 1.82) is 0 Å². The van der Waals surface area contributed by atoms with Gasteiger partial charge in [-0.15, -0.1) is 0 Å². The van der Waals surface area contributed by atoms with Crippen LogP contribution < -0.4 is 0 Å². The first-order valence-electron chi connectivity index (χ1n) is 9.99. The molecule has 134 valence electrons. The standard InChI is InChI=1S/C22H34O2/c1-13-10-18-14(8-9-23)11-16-15(12-24)6-5-7-17(16)22(18,4)20-19(13)21(20,2)3/h10,14-17,19-20,23-24H,1,5-9,11-12H2,2-4H3/t14-,15-,16-,17+,19-,20+,22-/m1/s1. The number of allylic oxidation sites excluding steroid dienone is 3. The first kappa shape index (κ1) is 16.8. The van der Waals surface area contributed by atoms with Gasteiger partial charge in [0.2, 0.25) is 0 Å². The average Bonchev–Trinajstić information content (AvgIpc) is 3.14. The summed E-state index contributed by atoms with van der Waals surface area (Å²) in [4.78, 5) is 0. The maximum absolute atomic E-state index is 9.97. The van der Waals surface area contributed by atoms with Gasteiger partial charge in [-0.25, -0.2) is 0 Å². The summed E-state index contributed by atoms with van der Waals surface area (Å²) in [6.45, 7) is 12.4. The van der Waals surface area contributed by atoms with Crippen molar-refractivity contribution in [1.82, 2.24) is 0 Å². The second kappa shape index (κ2) is 5.45. The second-order valence-corrected chi connectivity index (χ2v) is 9.82. The van der Waals surface area contributed by atoms with Gasteiger partial charge in [0.05, 0.1) is 0 Å². The van der Waals surface area contributed by atoms with E-state index in [9.17, 15) is 10.2 Å². The zero-order valence-corrected chi connectivity index (χ0v) is 15.6. The molecule has 0 aromatic rings. The van der Waals surface area contributed by atoms with E-state index in [-0.39, 0.29) is 12.0 Å². The molecule has 0 spiro atoms. The summed E-state index contributed by atoms with van der Waals surface area (Å²) < 4.78 is 0. The summed E-state index contributed by atoms with van der Waals surface area (Å²) in [7, 11) is 0. The Hall–Kier alpha value is -0.600. The lowest BCUT2D eigenvalue weighted by Gasteiger charge is -2.57. The summed E-state index contributed by atoms with van der Waals surface area (Å²) in [5, 5.41) is 19.6. The van der Waals surface area contributed by atoms with Crippen molar-refractivity contribution in [2.75, 3.05) is 13.2 Å². The van der Waals surface area contributed by atoms with Crippen LogP contribution in [0.1, 0.15) is 52.9 Å². The van der Waals surface area contributed by atoms with Crippen LogP contribution >= 0.6 is 0 Å². The number of hydrogen-bond acceptors (Lipinski definition) is 2. The molecule has 2 heteroatoms. The number of fused-ring (bicyclic) bond motifs is 5. The molecule has 0 amide bonds. The molecule has 7 atom stereocenters. The van der Waals surface area contributed by atoms with Crippen LogP contribution in [0.25, 0.3) is 0 Å². The molecule has 0 aliphatic heterocycles. The fourth-order valence-corrected chi connectivity index (χ4v) is 7.65. The van der Waals surface area contributed by atoms with Crippen molar-refractivity contribution < 1.29 is 10.2 Å². The Bertz CT molecular complexity index is 575. The van der Waals surface area contributed by atoms with Crippen molar-refractivity contribution in [3.05, 3.63) is 23.8 Å². The molecule has 24 heavy (non-hydrogen) atoms. The minimum Gasteiger partial charge on any atom is -0.396 e. The Balaban J connectivity index is 1.80. The van der Waals surface area contributed by atoms with Crippen LogP contribution in [-0.2, 0) is 0 Å². The number of aliphatic hydroxyl groups is 2. The highest BCUT2D eigenvalue weighted by atomic mass is 16.3. The normalized spacial score (nSPS) is 48.9. The minimum absolute atomic E-state index is 0.242. The number of hydrogen-bond donors (Lipinski definition) is 2. The van der Waals surface area contributed by atoms with Gasteiger partial charge >= 0.3 is 0 Å². The fraction of sp³-hybridized carbons (Fsp3) is 0.818. The van der Waals surface area contributed by atoms with Crippen molar-refractivity contribution in [3.8, 4) is 0 Å². The fourth-order valence-electron chi connectivity index (χ4n) is 7.65. The maximum Gasteiger partial charge on any atom is 0.0462 e. The van der Waals surface area contributed by atoms with E-state index in [0.29, 0.717) is 47.5 Å². The maximum atomic E-state index is 9.97. The third-order valence-corrected chi connectivity index (χ3v) is 8.53. The van der Waals surface area contributed by atoms with Gasteiger partial charge in [-0.05, 0) is 72.0 Å². The first-order valence-corrected chi connectivity index (χ1v) is 9.99. The minimum atomic E-state index is 0.242. The van der Waals surface area contributed by atoms with Gasteiger partial charge in [-0.1, -0.05) is 51.0 Å². The first-order chi connectivity index (χ1) is 11.4. The Morgan fingerprint density at radius 3 is 2.62 bits per heavy atom. The average molecular weight is 331 g/mol. The molecular weight excluding hydrogens is 296 g/mol. The molecule has 3 saturated carbocycles. The highest BCUT2D eigenvalue weighted by Crippen LogP contribution is 2.77. The number of aliphatic hydroxyl groups excluding tert-OH is 2. The van der Waals surface area contributed by atoms with Gasteiger partial charge in [-0.3, -0.25) is 0 Å². The zero-order chi connectivity index (χ0) is 17.3. The van der Waals surface area contributed by atoms with Crippen LogP contribution in [0.15, 0.2) is 23.8 Å². The van der Waals surface area contributed by atoms with E-state index >= 15 is 0 Å². The molecule has 0 aromatic heterocycles. The Kier molecular flexibility index (Phi) is 3.82. The molecule has 3 fully saturated rings. The second-order valence-electron chi connectivity index (χ2n) is 9.82. The van der Waals surface area contributed by atoms with E-state index in [1.165, 1.54) is 24.8 Å². The van der Waals surface area contributed by atoms with Gasteiger partial charge in [-0.2, -0.15) is 0 Å². The van der Waals surface area contributed by atoms with E-state index in [0.717, 1.165) is 12.8 Å². The van der Waals surface area contributed by atoms with Gasteiger partial charge in [0.25, 0.3) is 0 Å². The third kappa shape index (κ3) is 2.02. The van der Waals surface area contributed by atoms with E-state index in [2.05, 4.69) is 33.4 Å². The van der Waals surface area contributed by atoms with E-state index < -0.39 is 0 Å². The van der Waals surface area contributed by atoms with Gasteiger partial charge in [0, 0.05) is 13.2 Å². The van der Waals surface area contributed by atoms with E-state index in [4.69, 9.17) is 0 Å². The molecule has 4 rings (SSSR count). The van der Waals surface area contributed by atoms with Gasteiger partial charge < -0.3 is 10.2 Å². The van der Waals surface area contributed by atoms with Crippen LogP contribution in [0.5, 0.6) is 0 Å². The van der Waals surface area contributed by atoms with Gasteiger partial charge in [0.15, 0.2) is 0 Å². The summed E-state index contributed by atoms with van der Waals surface area (Å²) in [5.41, 5.74) is 3.51. The number of rotatable bonds is 3. The lowest BCUT2D eigenvalue weighted by Crippen LogP contribution is -2.50. The van der Waals surface area contributed by atoms with Crippen LogP contribution in [0, 0.1) is 46.3 Å². The van der Waals surface area contributed by atoms with E-state index in [1.54, 1.807) is 5.57 Å². The Morgan fingerprint density at radius 2 is 1.96 bits per heavy atom. The smallest absolute Gasteiger partial charge is 0.0462 e. The zero-order valence-electron chi connectivity index (χ0n) is 15.6. The molecule has 0 heterocycles. The molecular formula is C22H34O2. The molecule has 0 unspecified atom stereocenters. The lowest BCUT2D eigenvalue weighted by molar-refractivity contribution is -0.0308. The largest absolute Gasteiger partial charge is 0.396 e. The molecule has 4 aliphatic carbocycles. The Labute approximate surface area is 147 Å². The highest BCUT2D eigenvalue weighted by molar-refractivity contribution is 5.46. The van der Waals surface area contributed by atoms with Crippen LogP contribution in [0.4, 0.5) is 0 Å². The summed E-state index contributed by atoms with van der Waals surface area (Å²) in [5.74, 6) is 3.60. The molecule has 0 radical (unpaired) electrons. The SMILES string of the molecule is C=C1C=C2[C@H](CCO)C[C@@H]3[C@@H](CO)CCC[C@@H]3[C@@]2(C)[C@H]2[C@@H]1C2(C)C. The van der Waals surface area contributed by atoms with Crippen molar-refractivity contribution in [3.63, 3.8) is 0 Å². The molecule has 4 aliphatic rings. The van der Waals surface area contributed by atoms with E-state index in [1.807, 2.05) is 0 Å². The molecule has 0 saturated heterocycles. The Morgan fingerprint density at radius 1 is 1.21 bits per heavy atom. The van der Waals surface area contributed by atoms with Crippen LogP contribution in [0.2, 0.25) is 0 Å². The summed E-state index contributed by atoms with van der Waals surface area (Å²) in [6.07, 6.45) is 8.21. The lowest BCUT2D eigenvalue weighted by atomic mass is 9.47. The van der Waals surface area contributed by atoms with Crippen molar-refractivity contribution in [2.45, 2.75) is 52.9 Å². The summed E-state index contributed by atoms with van der Waals surface area (Å²) >= 11 is 0. The topological polar surface area (TPSA) is 40.5 Å². The predicted molar refractivity (Wildman–Crippen MR) is 97.3 cm³/mol. The van der Waals surface area contributed by atoms with Crippen LogP contribution in [-0.4, -0.2) is 23.4 Å². The van der Waals surface area contributed by atoms with Crippen LogP contribution in [0.3, 0.4) is 0 Å². The quantitative estimate of drug-likeness (QED) is 0.814. The third-order valence-electron chi connectivity index (χ3n) is 8.53. The van der Waals surface area contributed by atoms with Crippen molar-refractivity contribution in [2.24, 2.45) is 46.3 Å². The molecule has 2 nitrogen and oxygen atoms in total.